The molecular weight excluding hydrogens is 372 g/mol. The molecule has 2 N–H and O–H groups in total. The van der Waals surface area contributed by atoms with Crippen LogP contribution in [-0.4, -0.2) is 23.1 Å². The predicted molar refractivity (Wildman–Crippen MR) is 112 cm³/mol. The van der Waals surface area contributed by atoms with Crippen molar-refractivity contribution in [2.75, 3.05) is 28.6 Å². The Labute approximate surface area is 168 Å². The highest BCUT2D eigenvalue weighted by Crippen LogP contribution is 2.25. The van der Waals surface area contributed by atoms with Crippen molar-refractivity contribution in [1.29, 1.82) is 0 Å². The average molecular weight is 395 g/mol. The molecule has 7 heteroatoms. The molecule has 29 heavy (non-hydrogen) atoms. The number of nitrogens with zero attached hydrogens (tertiary/aromatic N) is 3. The van der Waals surface area contributed by atoms with Crippen LogP contribution in [0, 0.1) is 18.6 Å². The van der Waals surface area contributed by atoms with E-state index in [2.05, 4.69) is 37.6 Å². The minimum absolute atomic E-state index is 0.126. The third kappa shape index (κ3) is 4.62. The molecule has 1 fully saturated rings. The average Bonchev–Trinajstić information content (AvgIpc) is 2.72. The molecule has 0 spiro atoms. The fraction of sp³-hybridized carbons (Fsp3) is 0.273. The first kappa shape index (κ1) is 19.1. The van der Waals surface area contributed by atoms with E-state index >= 15 is 0 Å². The topological polar surface area (TPSA) is 53.1 Å². The zero-order chi connectivity index (χ0) is 20.2. The quantitative estimate of drug-likeness (QED) is 0.594. The molecule has 1 saturated heterocycles. The Morgan fingerprint density at radius 1 is 0.862 bits per heavy atom. The molecule has 0 bridgehead atoms. The van der Waals surface area contributed by atoms with Gasteiger partial charge in [0.05, 0.1) is 0 Å². The molecule has 4 rings (SSSR count). The van der Waals surface area contributed by atoms with Crippen LogP contribution in [0.15, 0.2) is 48.5 Å². The first-order valence-corrected chi connectivity index (χ1v) is 9.77. The van der Waals surface area contributed by atoms with Crippen molar-refractivity contribution in [2.45, 2.75) is 26.2 Å². The van der Waals surface area contributed by atoms with E-state index in [9.17, 15) is 8.78 Å². The Hall–Kier alpha value is -3.22. The van der Waals surface area contributed by atoms with E-state index in [4.69, 9.17) is 0 Å². The maximum Gasteiger partial charge on any atom is 0.229 e. The van der Waals surface area contributed by atoms with E-state index in [1.165, 1.54) is 43.1 Å². The minimum atomic E-state index is -0.696. The maximum atomic E-state index is 13.9. The van der Waals surface area contributed by atoms with Gasteiger partial charge in [-0.25, -0.2) is 13.8 Å². The van der Waals surface area contributed by atoms with Gasteiger partial charge >= 0.3 is 0 Å². The normalized spacial score (nSPS) is 14.0. The minimum Gasteiger partial charge on any atom is -0.372 e. The van der Waals surface area contributed by atoms with Crippen molar-refractivity contribution in [3.05, 3.63) is 65.9 Å². The number of benzene rings is 2. The molecule has 0 atom stereocenters. The van der Waals surface area contributed by atoms with Crippen LogP contribution in [0.1, 0.15) is 25.0 Å². The highest BCUT2D eigenvalue weighted by atomic mass is 19.1. The lowest BCUT2D eigenvalue weighted by atomic mass is 10.1. The van der Waals surface area contributed by atoms with Crippen LogP contribution in [0.5, 0.6) is 0 Å². The number of piperidine rings is 1. The monoisotopic (exact) mass is 395 g/mol. The summed E-state index contributed by atoms with van der Waals surface area (Å²) in [5.74, 6) is -0.722. The van der Waals surface area contributed by atoms with E-state index < -0.39 is 11.6 Å². The summed E-state index contributed by atoms with van der Waals surface area (Å²) in [6.07, 6.45) is 3.77. The molecule has 1 aliphatic heterocycles. The number of aryl methyl sites for hydroxylation is 1. The number of para-hydroxylation sites is 1. The first-order valence-electron chi connectivity index (χ1n) is 9.77. The fourth-order valence-electron chi connectivity index (χ4n) is 3.47. The summed E-state index contributed by atoms with van der Waals surface area (Å²) in [6, 6.07) is 13.7. The maximum absolute atomic E-state index is 13.9. The van der Waals surface area contributed by atoms with Gasteiger partial charge in [0.25, 0.3) is 0 Å². The lowest BCUT2D eigenvalue weighted by Crippen LogP contribution is -2.29. The lowest BCUT2D eigenvalue weighted by molar-refractivity contribution is 0.578. The van der Waals surface area contributed by atoms with E-state index in [1.807, 2.05) is 12.1 Å². The molecule has 3 aromatic rings. The van der Waals surface area contributed by atoms with Crippen molar-refractivity contribution in [1.82, 2.24) is 9.97 Å². The molecule has 150 valence electrons. The van der Waals surface area contributed by atoms with Crippen LogP contribution in [0.4, 0.5) is 37.6 Å². The Kier molecular flexibility index (Phi) is 5.55. The molecular formula is C22H23F2N5. The van der Waals surface area contributed by atoms with Crippen molar-refractivity contribution in [3.63, 3.8) is 0 Å². The second-order valence-electron chi connectivity index (χ2n) is 7.16. The van der Waals surface area contributed by atoms with Gasteiger partial charge in [-0.15, -0.1) is 0 Å². The zero-order valence-electron chi connectivity index (χ0n) is 16.3. The number of halogens is 2. The molecule has 0 saturated carbocycles. The first-order chi connectivity index (χ1) is 14.1. The third-order valence-corrected chi connectivity index (χ3v) is 4.91. The van der Waals surface area contributed by atoms with Crippen LogP contribution in [-0.2, 0) is 0 Å². The van der Waals surface area contributed by atoms with Crippen LogP contribution in [0.2, 0.25) is 0 Å². The molecule has 0 aliphatic carbocycles. The third-order valence-electron chi connectivity index (χ3n) is 4.91. The Balaban J connectivity index is 1.50. The lowest BCUT2D eigenvalue weighted by Gasteiger charge is -2.28. The smallest absolute Gasteiger partial charge is 0.229 e. The van der Waals surface area contributed by atoms with Crippen LogP contribution in [0.3, 0.4) is 0 Å². The highest BCUT2D eigenvalue weighted by Gasteiger charge is 2.12. The molecule has 0 unspecified atom stereocenters. The van der Waals surface area contributed by atoms with E-state index in [-0.39, 0.29) is 11.6 Å². The molecule has 2 heterocycles. The summed E-state index contributed by atoms with van der Waals surface area (Å²) in [5.41, 5.74) is 2.50. The van der Waals surface area contributed by atoms with E-state index in [1.54, 1.807) is 13.0 Å². The van der Waals surface area contributed by atoms with Gasteiger partial charge in [-0.05, 0) is 62.6 Å². The van der Waals surface area contributed by atoms with Gasteiger partial charge in [-0.2, -0.15) is 4.98 Å². The zero-order valence-corrected chi connectivity index (χ0v) is 16.3. The number of hydrogen-bond donors (Lipinski definition) is 2. The number of rotatable bonds is 5. The number of hydrogen-bond acceptors (Lipinski definition) is 5. The SMILES string of the molecule is Cc1cc(Nc2ccc(N3CCCCC3)cc2)nc(Nc2c(F)cccc2F)n1. The summed E-state index contributed by atoms with van der Waals surface area (Å²) < 4.78 is 27.8. The van der Waals surface area contributed by atoms with Crippen molar-refractivity contribution in [2.24, 2.45) is 0 Å². The largest absolute Gasteiger partial charge is 0.372 e. The standard InChI is InChI=1S/C22H23F2N5/c1-15-14-20(27-22(25-15)28-21-18(23)6-5-7-19(21)24)26-16-8-10-17(11-9-16)29-12-3-2-4-13-29/h5-11,14H,2-4,12-13H2,1H3,(H2,25,26,27,28). The molecule has 5 nitrogen and oxygen atoms in total. The molecule has 0 radical (unpaired) electrons. The predicted octanol–water partition coefficient (Wildman–Crippen LogP) is 5.54. The number of anilines is 5. The van der Waals surface area contributed by atoms with Gasteiger partial charge in [-0.1, -0.05) is 6.07 Å². The van der Waals surface area contributed by atoms with Crippen molar-refractivity contribution < 1.29 is 8.78 Å². The van der Waals surface area contributed by atoms with Crippen molar-refractivity contribution >= 4 is 28.8 Å². The van der Waals surface area contributed by atoms with E-state index in [0.29, 0.717) is 11.5 Å². The van der Waals surface area contributed by atoms with Gasteiger partial charge in [0.2, 0.25) is 5.95 Å². The fourth-order valence-corrected chi connectivity index (χ4v) is 3.47. The Morgan fingerprint density at radius 3 is 2.24 bits per heavy atom. The van der Waals surface area contributed by atoms with Gasteiger partial charge in [0, 0.05) is 36.2 Å². The molecule has 0 amide bonds. The summed E-state index contributed by atoms with van der Waals surface area (Å²) in [6.45, 7) is 3.99. The summed E-state index contributed by atoms with van der Waals surface area (Å²) in [4.78, 5) is 11.0. The van der Waals surface area contributed by atoms with E-state index in [0.717, 1.165) is 18.8 Å². The molecule has 1 aromatic heterocycles. The highest BCUT2D eigenvalue weighted by molar-refractivity contribution is 5.63. The van der Waals surface area contributed by atoms with Crippen LogP contribution in [0.25, 0.3) is 0 Å². The van der Waals surface area contributed by atoms with Gasteiger partial charge < -0.3 is 15.5 Å². The number of aromatic nitrogens is 2. The molecule has 2 aromatic carbocycles. The van der Waals surface area contributed by atoms with Crippen LogP contribution < -0.4 is 15.5 Å². The van der Waals surface area contributed by atoms with Gasteiger partial charge in [0.15, 0.2) is 0 Å². The number of nitrogens with one attached hydrogen (secondary N) is 2. The Morgan fingerprint density at radius 2 is 1.55 bits per heavy atom. The van der Waals surface area contributed by atoms with Crippen molar-refractivity contribution in [3.8, 4) is 0 Å². The Bertz CT molecular complexity index is 965. The summed E-state index contributed by atoms with van der Waals surface area (Å²) in [7, 11) is 0. The van der Waals surface area contributed by atoms with Gasteiger partial charge in [-0.3, -0.25) is 0 Å². The van der Waals surface area contributed by atoms with Crippen LogP contribution >= 0.6 is 0 Å². The summed E-state index contributed by atoms with van der Waals surface area (Å²) >= 11 is 0. The molecule has 1 aliphatic rings. The van der Waals surface area contributed by atoms with Gasteiger partial charge in [0.1, 0.15) is 23.1 Å². The summed E-state index contributed by atoms with van der Waals surface area (Å²) in [5, 5.41) is 5.87. The second kappa shape index (κ2) is 8.43. The second-order valence-corrected chi connectivity index (χ2v) is 7.16.